The van der Waals surface area contributed by atoms with Crippen molar-refractivity contribution in [1.29, 1.82) is 0 Å². The Labute approximate surface area is 167 Å². The molecule has 1 aliphatic heterocycles. The lowest BCUT2D eigenvalue weighted by Gasteiger charge is -2.31. The predicted octanol–water partition coefficient (Wildman–Crippen LogP) is 3.27. The molecule has 1 saturated carbocycles. The van der Waals surface area contributed by atoms with Crippen LogP contribution in [0.5, 0.6) is 0 Å². The van der Waals surface area contributed by atoms with Crippen molar-refractivity contribution < 1.29 is 14.3 Å². The number of esters is 1. The number of amides is 1. The number of fused-ring (bicyclic) bond motifs is 1. The first-order chi connectivity index (χ1) is 13.4. The number of nitrogens with zero attached hydrogens (tertiary/aromatic N) is 1. The molecule has 1 aromatic carbocycles. The van der Waals surface area contributed by atoms with Crippen LogP contribution >= 0.6 is 0 Å². The van der Waals surface area contributed by atoms with Gasteiger partial charge in [0.1, 0.15) is 0 Å². The Morgan fingerprint density at radius 3 is 2.64 bits per heavy atom. The molecule has 0 spiro atoms. The number of nitrogens with two attached hydrogens (primary N) is 1. The molecule has 28 heavy (non-hydrogen) atoms. The average Bonchev–Trinajstić information content (AvgIpc) is 3.03. The smallest absolute Gasteiger partial charge is 0.305 e. The molecule has 1 atom stereocenters. The third-order valence-corrected chi connectivity index (χ3v) is 5.68. The lowest BCUT2D eigenvalue weighted by molar-refractivity contribution is -0.143. The Hall–Kier alpha value is -2.28. The van der Waals surface area contributed by atoms with Gasteiger partial charge in [0, 0.05) is 31.5 Å². The molecule has 154 valence electrons. The number of ether oxygens (including phenoxy) is 1. The number of nitrogens with one attached hydrogen (secondary N) is 2. The van der Waals surface area contributed by atoms with Crippen LogP contribution < -0.4 is 16.4 Å². The molecule has 0 saturated heterocycles. The van der Waals surface area contributed by atoms with Crippen LogP contribution in [0.3, 0.4) is 0 Å². The fraction of sp³-hybridized carbons (Fsp3) is 0.619. The summed E-state index contributed by atoms with van der Waals surface area (Å²) >= 11 is 0. The first-order valence-electron chi connectivity index (χ1n) is 10.3. The fourth-order valence-corrected chi connectivity index (χ4v) is 4.11. The summed E-state index contributed by atoms with van der Waals surface area (Å²) in [5.74, 6) is -0.986. The number of benzene rings is 1. The van der Waals surface area contributed by atoms with Crippen LogP contribution in [0.15, 0.2) is 18.2 Å². The molecule has 0 radical (unpaired) electrons. The minimum atomic E-state index is -0.828. The second kappa shape index (κ2) is 8.82. The van der Waals surface area contributed by atoms with Gasteiger partial charge in [0.2, 0.25) is 0 Å². The van der Waals surface area contributed by atoms with Crippen LogP contribution in [-0.2, 0) is 9.53 Å². The highest BCUT2D eigenvalue weighted by molar-refractivity contribution is 5.97. The van der Waals surface area contributed by atoms with Crippen LogP contribution in [0.2, 0.25) is 0 Å². The molecular formula is C21H32N4O3. The van der Waals surface area contributed by atoms with Crippen molar-refractivity contribution in [3.63, 3.8) is 0 Å². The highest BCUT2D eigenvalue weighted by Crippen LogP contribution is 2.35. The van der Waals surface area contributed by atoms with Crippen LogP contribution in [-0.4, -0.2) is 42.3 Å². The molecule has 1 unspecified atom stereocenters. The molecule has 1 fully saturated rings. The molecule has 1 aromatic rings. The van der Waals surface area contributed by atoms with E-state index in [0.717, 1.165) is 24.2 Å². The van der Waals surface area contributed by atoms with Crippen molar-refractivity contribution in [2.24, 2.45) is 5.73 Å². The number of rotatable bonds is 7. The monoisotopic (exact) mass is 388 g/mol. The quantitative estimate of drug-likeness (QED) is 0.620. The van der Waals surface area contributed by atoms with Crippen molar-refractivity contribution in [3.05, 3.63) is 23.8 Å². The van der Waals surface area contributed by atoms with Gasteiger partial charge in [0.25, 0.3) is 5.91 Å². The fourth-order valence-electron chi connectivity index (χ4n) is 4.11. The number of carbonyl (C=O) groups is 2. The van der Waals surface area contributed by atoms with Crippen molar-refractivity contribution in [2.75, 3.05) is 24.3 Å². The van der Waals surface area contributed by atoms with E-state index in [4.69, 9.17) is 10.5 Å². The molecule has 0 bridgehead atoms. The molecule has 0 aromatic heterocycles. The predicted molar refractivity (Wildman–Crippen MR) is 110 cm³/mol. The maximum atomic E-state index is 12.9. The summed E-state index contributed by atoms with van der Waals surface area (Å²) in [5, 5.41) is 6.54. The Balaban J connectivity index is 1.60. The van der Waals surface area contributed by atoms with E-state index in [1.165, 1.54) is 19.3 Å². The van der Waals surface area contributed by atoms with Crippen LogP contribution in [0.1, 0.15) is 68.6 Å². The van der Waals surface area contributed by atoms with E-state index in [-0.39, 0.29) is 11.9 Å². The first-order valence-corrected chi connectivity index (χ1v) is 10.3. The standard InChI is InChI=1S/C21H32N4O3/c1-3-28-19(26)10-7-13-21(22)23-17-12-11-15(14-18(17)24-21)20(27)25(2)16-8-5-4-6-9-16/h11-12,14,16,23-24H,3-10,13,22H2,1-2H3. The molecule has 7 heteroatoms. The van der Waals surface area contributed by atoms with E-state index in [1.54, 1.807) is 6.92 Å². The Bertz CT molecular complexity index is 718. The maximum Gasteiger partial charge on any atom is 0.305 e. The number of anilines is 2. The van der Waals surface area contributed by atoms with E-state index < -0.39 is 5.79 Å². The van der Waals surface area contributed by atoms with Crippen LogP contribution in [0.25, 0.3) is 0 Å². The second-order valence-electron chi connectivity index (χ2n) is 7.85. The normalized spacial score (nSPS) is 21.4. The Morgan fingerprint density at radius 2 is 1.93 bits per heavy atom. The van der Waals surface area contributed by atoms with Gasteiger partial charge in [0.15, 0.2) is 5.79 Å². The SMILES string of the molecule is CCOC(=O)CCCC1(N)Nc2ccc(C(=O)N(C)C3CCCCC3)cc2N1. The summed E-state index contributed by atoms with van der Waals surface area (Å²) in [7, 11) is 1.90. The molecule has 4 N–H and O–H groups in total. The minimum Gasteiger partial charge on any atom is -0.466 e. The van der Waals surface area contributed by atoms with Gasteiger partial charge in [-0.05, 0) is 44.4 Å². The zero-order valence-electron chi connectivity index (χ0n) is 16.9. The molecule has 1 amide bonds. The van der Waals surface area contributed by atoms with E-state index >= 15 is 0 Å². The zero-order chi connectivity index (χ0) is 20.1. The van der Waals surface area contributed by atoms with Gasteiger partial charge in [0.05, 0.1) is 18.0 Å². The van der Waals surface area contributed by atoms with Gasteiger partial charge in [-0.25, -0.2) is 0 Å². The average molecular weight is 389 g/mol. The Morgan fingerprint density at radius 1 is 1.21 bits per heavy atom. The van der Waals surface area contributed by atoms with E-state index in [9.17, 15) is 9.59 Å². The molecule has 2 aliphatic rings. The third kappa shape index (κ3) is 4.76. The van der Waals surface area contributed by atoms with Gasteiger partial charge in [-0.2, -0.15) is 0 Å². The highest BCUT2D eigenvalue weighted by Gasteiger charge is 2.33. The zero-order valence-corrected chi connectivity index (χ0v) is 16.9. The molecule has 3 rings (SSSR count). The van der Waals surface area contributed by atoms with Crippen molar-refractivity contribution in [2.45, 2.75) is 70.1 Å². The van der Waals surface area contributed by atoms with E-state index in [0.29, 0.717) is 37.5 Å². The topological polar surface area (TPSA) is 96.7 Å². The molecule has 1 heterocycles. The van der Waals surface area contributed by atoms with Crippen molar-refractivity contribution in [3.8, 4) is 0 Å². The van der Waals surface area contributed by atoms with Crippen molar-refractivity contribution >= 4 is 23.3 Å². The Kier molecular flexibility index (Phi) is 6.44. The van der Waals surface area contributed by atoms with Gasteiger partial charge < -0.3 is 20.3 Å². The number of hydrogen-bond donors (Lipinski definition) is 3. The van der Waals surface area contributed by atoms with Crippen molar-refractivity contribution in [1.82, 2.24) is 4.90 Å². The second-order valence-corrected chi connectivity index (χ2v) is 7.85. The summed E-state index contributed by atoms with van der Waals surface area (Å²) < 4.78 is 4.95. The number of carbonyl (C=O) groups excluding carboxylic acids is 2. The summed E-state index contributed by atoms with van der Waals surface area (Å²) in [6.45, 7) is 2.18. The third-order valence-electron chi connectivity index (χ3n) is 5.68. The maximum absolute atomic E-state index is 12.9. The largest absolute Gasteiger partial charge is 0.466 e. The van der Waals surface area contributed by atoms with Gasteiger partial charge in [-0.3, -0.25) is 15.3 Å². The van der Waals surface area contributed by atoms with Crippen LogP contribution in [0.4, 0.5) is 11.4 Å². The minimum absolute atomic E-state index is 0.0494. The summed E-state index contributed by atoms with van der Waals surface area (Å²) in [4.78, 5) is 26.3. The first kappa shape index (κ1) is 20.5. The lowest BCUT2D eigenvalue weighted by Crippen LogP contribution is -2.51. The van der Waals surface area contributed by atoms with E-state index in [1.807, 2.05) is 30.1 Å². The summed E-state index contributed by atoms with van der Waals surface area (Å²) in [6, 6.07) is 5.94. The highest BCUT2D eigenvalue weighted by atomic mass is 16.5. The van der Waals surface area contributed by atoms with Gasteiger partial charge >= 0.3 is 5.97 Å². The number of hydrogen-bond acceptors (Lipinski definition) is 6. The van der Waals surface area contributed by atoms with Crippen LogP contribution in [0, 0.1) is 0 Å². The van der Waals surface area contributed by atoms with E-state index in [2.05, 4.69) is 10.6 Å². The molecule has 7 nitrogen and oxygen atoms in total. The molecule has 1 aliphatic carbocycles. The summed E-state index contributed by atoms with van der Waals surface area (Å²) in [6.07, 6.45) is 7.33. The van der Waals surface area contributed by atoms with Gasteiger partial charge in [-0.1, -0.05) is 19.3 Å². The lowest BCUT2D eigenvalue weighted by atomic mass is 9.94. The van der Waals surface area contributed by atoms with Gasteiger partial charge in [-0.15, -0.1) is 0 Å². The summed E-state index contributed by atoms with van der Waals surface area (Å²) in [5.41, 5.74) is 8.76. The molecular weight excluding hydrogens is 356 g/mol.